The molecule has 2 aromatic carbocycles. The molecular formula is C25H28Cl2F3N3O3S. The number of amides is 1. The monoisotopic (exact) mass is 577 g/mol. The van der Waals surface area contributed by atoms with Crippen molar-refractivity contribution >= 4 is 39.1 Å². The number of sulfonamides is 1. The highest BCUT2D eigenvalue weighted by atomic mass is 35.5. The summed E-state index contributed by atoms with van der Waals surface area (Å²) in [6.45, 7) is 4.08. The second-order valence-corrected chi connectivity index (χ2v) is 12.3. The third-order valence-corrected chi connectivity index (χ3v) is 10.2. The molecule has 0 radical (unpaired) electrons. The molecule has 12 heteroatoms. The first kappa shape index (κ1) is 28.2. The van der Waals surface area contributed by atoms with Crippen LogP contribution in [-0.2, 0) is 27.5 Å². The third kappa shape index (κ3) is 5.36. The van der Waals surface area contributed by atoms with E-state index in [0.717, 1.165) is 18.6 Å². The minimum absolute atomic E-state index is 0.0112. The van der Waals surface area contributed by atoms with Crippen LogP contribution in [0, 0.1) is 5.92 Å². The summed E-state index contributed by atoms with van der Waals surface area (Å²) in [5, 5.41) is 3.51. The second-order valence-electron chi connectivity index (χ2n) is 9.62. The van der Waals surface area contributed by atoms with Gasteiger partial charge in [0.25, 0.3) is 0 Å². The molecular weight excluding hydrogens is 550 g/mol. The van der Waals surface area contributed by atoms with E-state index in [1.165, 1.54) is 28.6 Å². The zero-order chi connectivity index (χ0) is 27.2. The standard InChI is InChI=1S/C25H28Cl2F3N3O3S/c1-3-16(2)22-23(34)33(15-17-6-4-7-18(14-17)25(28,29)30)24(31-22)10-12-32(13-11-24)37(35,36)20-9-5-8-19(26)21(20)27/h4-9,14,16,22,31H,3,10-13,15H2,1-2H3. The highest BCUT2D eigenvalue weighted by molar-refractivity contribution is 7.89. The molecule has 4 rings (SSSR count). The number of carbonyl (C=O) groups excluding carboxylic acids is 1. The van der Waals surface area contributed by atoms with Gasteiger partial charge in [0.05, 0.1) is 27.3 Å². The molecule has 2 heterocycles. The van der Waals surface area contributed by atoms with Crippen molar-refractivity contribution in [1.29, 1.82) is 0 Å². The largest absolute Gasteiger partial charge is 0.416 e. The minimum Gasteiger partial charge on any atom is -0.319 e. The first-order chi connectivity index (χ1) is 17.3. The first-order valence-electron chi connectivity index (χ1n) is 12.0. The van der Waals surface area contributed by atoms with Crippen molar-refractivity contribution in [3.05, 3.63) is 63.6 Å². The number of nitrogens with zero attached hydrogens (tertiary/aromatic N) is 2. The van der Waals surface area contributed by atoms with Gasteiger partial charge in [-0.05, 0) is 48.6 Å². The van der Waals surface area contributed by atoms with Crippen LogP contribution >= 0.6 is 23.2 Å². The average Bonchev–Trinajstić information content (AvgIpc) is 3.11. The molecule has 1 spiro atoms. The van der Waals surface area contributed by atoms with E-state index in [1.807, 2.05) is 13.8 Å². The molecule has 0 bridgehead atoms. The van der Waals surface area contributed by atoms with Gasteiger partial charge in [0.1, 0.15) is 4.90 Å². The first-order valence-corrected chi connectivity index (χ1v) is 14.2. The Morgan fingerprint density at radius 1 is 1.14 bits per heavy atom. The summed E-state index contributed by atoms with van der Waals surface area (Å²) in [5.41, 5.74) is -1.31. The number of nitrogens with one attached hydrogen (secondary N) is 1. The Balaban J connectivity index is 1.62. The lowest BCUT2D eigenvalue weighted by atomic mass is 9.96. The molecule has 0 saturated carbocycles. The van der Waals surface area contributed by atoms with Crippen molar-refractivity contribution in [2.24, 2.45) is 5.92 Å². The number of alkyl halides is 3. The summed E-state index contributed by atoms with van der Waals surface area (Å²) >= 11 is 12.2. The second kappa shape index (κ2) is 10.4. The number of hydrogen-bond acceptors (Lipinski definition) is 4. The fraction of sp³-hybridized carbons (Fsp3) is 0.480. The summed E-state index contributed by atoms with van der Waals surface area (Å²) in [6.07, 6.45) is -3.24. The van der Waals surface area contributed by atoms with Gasteiger partial charge < -0.3 is 4.90 Å². The van der Waals surface area contributed by atoms with Crippen LogP contribution in [0.15, 0.2) is 47.4 Å². The lowest BCUT2D eigenvalue weighted by Gasteiger charge is -2.44. The van der Waals surface area contributed by atoms with Gasteiger partial charge in [0.15, 0.2) is 0 Å². The van der Waals surface area contributed by atoms with Gasteiger partial charge >= 0.3 is 6.18 Å². The van der Waals surface area contributed by atoms with Crippen LogP contribution in [0.3, 0.4) is 0 Å². The Morgan fingerprint density at radius 3 is 2.41 bits per heavy atom. The normalized spacial score (nSPS) is 21.5. The predicted molar refractivity (Wildman–Crippen MR) is 136 cm³/mol. The lowest BCUT2D eigenvalue weighted by Crippen LogP contribution is -2.59. The van der Waals surface area contributed by atoms with Crippen molar-refractivity contribution in [2.45, 2.75) is 62.4 Å². The molecule has 202 valence electrons. The number of hydrogen-bond donors (Lipinski definition) is 1. The maximum absolute atomic E-state index is 13.5. The fourth-order valence-corrected chi connectivity index (χ4v) is 7.20. The van der Waals surface area contributed by atoms with Crippen LogP contribution in [0.5, 0.6) is 0 Å². The summed E-state index contributed by atoms with van der Waals surface area (Å²) < 4.78 is 67.8. The molecule has 0 aromatic heterocycles. The highest BCUT2D eigenvalue weighted by Crippen LogP contribution is 2.39. The third-order valence-electron chi connectivity index (χ3n) is 7.36. The number of benzene rings is 2. The molecule has 2 saturated heterocycles. The molecule has 2 aliphatic heterocycles. The van der Waals surface area contributed by atoms with Crippen LogP contribution in [0.4, 0.5) is 13.2 Å². The average molecular weight is 578 g/mol. The molecule has 1 N–H and O–H groups in total. The SMILES string of the molecule is CCC(C)C1NC2(CCN(S(=O)(=O)c3cccc(Cl)c3Cl)CC2)N(Cc2cccc(C(F)(F)F)c2)C1=O. The molecule has 6 nitrogen and oxygen atoms in total. The maximum Gasteiger partial charge on any atom is 0.416 e. The minimum atomic E-state index is -4.50. The number of rotatable bonds is 6. The van der Waals surface area contributed by atoms with E-state index in [9.17, 15) is 26.4 Å². The number of carbonyl (C=O) groups is 1. The number of piperidine rings is 1. The Hall–Kier alpha value is -1.85. The molecule has 0 aliphatic carbocycles. The Kier molecular flexibility index (Phi) is 7.90. The Bertz CT molecular complexity index is 1280. The van der Waals surface area contributed by atoms with E-state index in [-0.39, 0.29) is 59.2 Å². The molecule has 2 aliphatic rings. The van der Waals surface area contributed by atoms with E-state index in [4.69, 9.17) is 23.2 Å². The van der Waals surface area contributed by atoms with Crippen LogP contribution in [0.2, 0.25) is 10.0 Å². The van der Waals surface area contributed by atoms with Gasteiger partial charge in [0, 0.05) is 19.6 Å². The van der Waals surface area contributed by atoms with E-state index in [2.05, 4.69) is 5.32 Å². The fourth-order valence-electron chi connectivity index (χ4n) is 5.02. The van der Waals surface area contributed by atoms with Crippen molar-refractivity contribution in [1.82, 2.24) is 14.5 Å². The summed E-state index contributed by atoms with van der Waals surface area (Å²) in [5.74, 6) is -0.205. The van der Waals surface area contributed by atoms with Crippen LogP contribution in [0.25, 0.3) is 0 Å². The van der Waals surface area contributed by atoms with E-state index in [1.54, 1.807) is 11.0 Å². The molecule has 37 heavy (non-hydrogen) atoms. The smallest absolute Gasteiger partial charge is 0.319 e. The van der Waals surface area contributed by atoms with Crippen LogP contribution in [-0.4, -0.2) is 48.3 Å². The maximum atomic E-state index is 13.5. The van der Waals surface area contributed by atoms with Gasteiger partial charge in [-0.25, -0.2) is 8.42 Å². The predicted octanol–water partition coefficient (Wildman–Crippen LogP) is 5.54. The molecule has 2 fully saturated rings. The summed E-state index contributed by atoms with van der Waals surface area (Å²) in [6, 6.07) is 8.84. The Labute approximate surface area is 224 Å². The topological polar surface area (TPSA) is 69.7 Å². The number of halogens is 5. The Morgan fingerprint density at radius 2 is 1.78 bits per heavy atom. The summed E-state index contributed by atoms with van der Waals surface area (Å²) in [7, 11) is -3.95. The molecule has 2 atom stereocenters. The molecule has 1 amide bonds. The van der Waals surface area contributed by atoms with Crippen molar-refractivity contribution in [3.8, 4) is 0 Å². The van der Waals surface area contributed by atoms with Crippen molar-refractivity contribution in [2.75, 3.05) is 13.1 Å². The van der Waals surface area contributed by atoms with Crippen molar-refractivity contribution < 1.29 is 26.4 Å². The molecule has 2 aromatic rings. The van der Waals surface area contributed by atoms with Gasteiger partial charge in [-0.15, -0.1) is 0 Å². The lowest BCUT2D eigenvalue weighted by molar-refractivity contribution is -0.137. The van der Waals surface area contributed by atoms with Gasteiger partial charge in [-0.3, -0.25) is 10.1 Å². The quantitative estimate of drug-likeness (QED) is 0.489. The van der Waals surface area contributed by atoms with E-state index >= 15 is 0 Å². The van der Waals surface area contributed by atoms with E-state index in [0.29, 0.717) is 5.56 Å². The van der Waals surface area contributed by atoms with Gasteiger partial charge in [0.2, 0.25) is 15.9 Å². The summed E-state index contributed by atoms with van der Waals surface area (Å²) in [4.78, 5) is 15.0. The van der Waals surface area contributed by atoms with Crippen LogP contribution in [0.1, 0.15) is 44.2 Å². The molecule has 2 unspecified atom stereocenters. The van der Waals surface area contributed by atoms with Gasteiger partial charge in [-0.2, -0.15) is 17.5 Å². The van der Waals surface area contributed by atoms with Gasteiger partial charge in [-0.1, -0.05) is 61.7 Å². The zero-order valence-corrected chi connectivity index (χ0v) is 22.7. The highest BCUT2D eigenvalue weighted by Gasteiger charge is 2.53. The van der Waals surface area contributed by atoms with E-state index < -0.39 is 33.5 Å². The van der Waals surface area contributed by atoms with Crippen molar-refractivity contribution in [3.63, 3.8) is 0 Å². The van der Waals surface area contributed by atoms with Crippen LogP contribution < -0.4 is 5.32 Å². The zero-order valence-electron chi connectivity index (χ0n) is 20.4.